The van der Waals surface area contributed by atoms with E-state index in [0.717, 1.165) is 10.7 Å². The van der Waals surface area contributed by atoms with Gasteiger partial charge in [-0.05, 0) is 26.8 Å². The Kier molecular flexibility index (Phi) is 4.76. The Morgan fingerprint density at radius 2 is 2.11 bits per heavy atom. The molecule has 19 heavy (non-hydrogen) atoms. The van der Waals surface area contributed by atoms with Crippen molar-refractivity contribution in [2.45, 2.75) is 38.0 Å². The van der Waals surface area contributed by atoms with Crippen molar-refractivity contribution in [1.29, 1.82) is 0 Å². The first-order chi connectivity index (χ1) is 9.04. The number of nitrogens with zero attached hydrogens (tertiary/aromatic N) is 3. The summed E-state index contributed by atoms with van der Waals surface area (Å²) in [6.07, 6.45) is 1.75. The largest absolute Gasteiger partial charge is 0.372 e. The molecule has 0 saturated carbocycles. The van der Waals surface area contributed by atoms with Gasteiger partial charge in [0.15, 0.2) is 0 Å². The molecule has 0 radical (unpaired) electrons. The molecule has 1 aliphatic heterocycles. The topological polar surface area (TPSA) is 55.3 Å². The maximum atomic E-state index is 12.2. The van der Waals surface area contributed by atoms with Crippen LogP contribution in [0.2, 0.25) is 0 Å². The van der Waals surface area contributed by atoms with Gasteiger partial charge in [0, 0.05) is 18.8 Å². The van der Waals surface area contributed by atoms with Crippen molar-refractivity contribution in [1.82, 2.24) is 14.9 Å². The molecule has 5 nitrogen and oxygen atoms in total. The fourth-order valence-electron chi connectivity index (χ4n) is 2.12. The highest BCUT2D eigenvalue weighted by Crippen LogP contribution is 2.17. The van der Waals surface area contributed by atoms with Crippen LogP contribution in [0.3, 0.4) is 0 Å². The summed E-state index contributed by atoms with van der Waals surface area (Å²) in [5.74, 6) is 0.555. The van der Waals surface area contributed by atoms with Gasteiger partial charge in [-0.25, -0.2) is 9.97 Å². The molecule has 1 fully saturated rings. The zero-order chi connectivity index (χ0) is 13.8. The molecule has 1 amide bonds. The molecule has 0 aromatic carbocycles. The van der Waals surface area contributed by atoms with Gasteiger partial charge in [-0.3, -0.25) is 4.79 Å². The van der Waals surface area contributed by atoms with Gasteiger partial charge in [-0.2, -0.15) is 0 Å². The van der Waals surface area contributed by atoms with Crippen LogP contribution >= 0.6 is 11.8 Å². The van der Waals surface area contributed by atoms with Crippen molar-refractivity contribution in [3.8, 4) is 0 Å². The average molecular weight is 281 g/mol. The molecule has 0 spiro atoms. The van der Waals surface area contributed by atoms with Crippen molar-refractivity contribution in [3.63, 3.8) is 0 Å². The number of carbonyl (C=O) groups is 1. The summed E-state index contributed by atoms with van der Waals surface area (Å²) in [6, 6.07) is 1.89. The van der Waals surface area contributed by atoms with Crippen molar-refractivity contribution in [2.24, 2.45) is 0 Å². The molecular formula is C13H19N3O2S. The third kappa shape index (κ3) is 4.18. The number of aromatic nitrogens is 2. The first-order valence-electron chi connectivity index (χ1n) is 6.39. The molecule has 2 atom stereocenters. The molecule has 0 unspecified atom stereocenters. The van der Waals surface area contributed by atoms with Gasteiger partial charge in [0.05, 0.1) is 18.0 Å². The van der Waals surface area contributed by atoms with Gasteiger partial charge in [-0.15, -0.1) is 0 Å². The second-order valence-electron chi connectivity index (χ2n) is 4.84. The van der Waals surface area contributed by atoms with Crippen LogP contribution in [-0.2, 0) is 9.53 Å². The number of aryl methyl sites for hydroxylation is 1. The molecule has 104 valence electrons. The van der Waals surface area contributed by atoms with Gasteiger partial charge in [-0.1, -0.05) is 11.8 Å². The Balaban J connectivity index is 1.87. The second kappa shape index (κ2) is 6.34. The number of hydrogen-bond donors (Lipinski definition) is 0. The van der Waals surface area contributed by atoms with Crippen LogP contribution in [-0.4, -0.2) is 51.8 Å². The molecule has 2 rings (SSSR count). The number of amides is 1. The van der Waals surface area contributed by atoms with Crippen LogP contribution in [0.5, 0.6) is 0 Å². The lowest BCUT2D eigenvalue weighted by Gasteiger charge is -2.35. The van der Waals surface area contributed by atoms with Gasteiger partial charge in [0.2, 0.25) is 5.91 Å². The predicted octanol–water partition coefficient (Wildman–Crippen LogP) is 1.51. The minimum atomic E-state index is 0.110. The average Bonchev–Trinajstić information content (AvgIpc) is 2.35. The van der Waals surface area contributed by atoms with Gasteiger partial charge < -0.3 is 9.64 Å². The summed E-state index contributed by atoms with van der Waals surface area (Å²) < 4.78 is 5.62. The monoisotopic (exact) mass is 281 g/mol. The Hall–Kier alpha value is -1.14. The molecular weight excluding hydrogens is 262 g/mol. The van der Waals surface area contributed by atoms with E-state index in [1.54, 1.807) is 0 Å². The summed E-state index contributed by atoms with van der Waals surface area (Å²) in [6.45, 7) is 7.26. The van der Waals surface area contributed by atoms with Crippen molar-refractivity contribution in [3.05, 3.63) is 18.1 Å². The van der Waals surface area contributed by atoms with Crippen LogP contribution < -0.4 is 0 Å². The van der Waals surface area contributed by atoms with Crippen molar-refractivity contribution >= 4 is 17.7 Å². The van der Waals surface area contributed by atoms with Crippen LogP contribution in [0.25, 0.3) is 0 Å². The standard InChI is InChI=1S/C13H19N3O2S/c1-9-4-12(15-8-14-9)19-7-13(17)16-5-10(2)18-11(3)6-16/h4,8,10-11H,5-7H2,1-3H3/t10-,11-/m0/s1. The molecule has 2 heterocycles. The lowest BCUT2D eigenvalue weighted by molar-refractivity contribution is -0.140. The first-order valence-corrected chi connectivity index (χ1v) is 7.38. The van der Waals surface area contributed by atoms with E-state index in [-0.39, 0.29) is 18.1 Å². The minimum Gasteiger partial charge on any atom is -0.372 e. The second-order valence-corrected chi connectivity index (χ2v) is 5.84. The molecule has 0 N–H and O–H groups in total. The fraction of sp³-hybridized carbons (Fsp3) is 0.615. The minimum absolute atomic E-state index is 0.110. The van der Waals surface area contributed by atoms with Crippen LogP contribution in [0.1, 0.15) is 19.5 Å². The molecule has 1 aliphatic rings. The summed E-state index contributed by atoms with van der Waals surface area (Å²) in [5, 5.41) is 0.843. The van der Waals surface area contributed by atoms with E-state index in [1.165, 1.54) is 18.1 Å². The number of morpholine rings is 1. The van der Waals surface area contributed by atoms with E-state index in [1.807, 2.05) is 31.7 Å². The number of ether oxygens (including phenoxy) is 1. The highest BCUT2D eigenvalue weighted by Gasteiger charge is 2.25. The van der Waals surface area contributed by atoms with Gasteiger partial charge in [0.1, 0.15) is 11.4 Å². The van der Waals surface area contributed by atoms with Crippen LogP contribution in [0, 0.1) is 6.92 Å². The summed E-state index contributed by atoms with van der Waals surface area (Å²) in [7, 11) is 0. The molecule has 6 heteroatoms. The Morgan fingerprint density at radius 3 is 2.74 bits per heavy atom. The van der Waals surface area contributed by atoms with Crippen LogP contribution in [0.4, 0.5) is 0 Å². The number of rotatable bonds is 3. The van der Waals surface area contributed by atoms with E-state index >= 15 is 0 Å². The zero-order valence-corrected chi connectivity index (χ0v) is 12.3. The number of hydrogen-bond acceptors (Lipinski definition) is 5. The van der Waals surface area contributed by atoms with E-state index in [2.05, 4.69) is 9.97 Å². The predicted molar refractivity (Wildman–Crippen MR) is 74.1 cm³/mol. The van der Waals surface area contributed by atoms with Crippen LogP contribution in [0.15, 0.2) is 17.4 Å². The molecule has 1 aromatic rings. The summed E-state index contributed by atoms with van der Waals surface area (Å²) in [5.41, 5.74) is 0.915. The summed E-state index contributed by atoms with van der Waals surface area (Å²) in [4.78, 5) is 22.2. The van der Waals surface area contributed by atoms with Gasteiger partial charge >= 0.3 is 0 Å². The van der Waals surface area contributed by atoms with E-state index < -0.39 is 0 Å². The molecule has 0 bridgehead atoms. The highest BCUT2D eigenvalue weighted by molar-refractivity contribution is 7.99. The van der Waals surface area contributed by atoms with Crippen molar-refractivity contribution < 1.29 is 9.53 Å². The molecule has 0 aliphatic carbocycles. The summed E-state index contributed by atoms with van der Waals surface area (Å²) >= 11 is 1.46. The van der Waals surface area contributed by atoms with Gasteiger partial charge in [0.25, 0.3) is 0 Å². The van der Waals surface area contributed by atoms with Crippen molar-refractivity contribution in [2.75, 3.05) is 18.8 Å². The third-order valence-electron chi connectivity index (χ3n) is 2.89. The van der Waals surface area contributed by atoms with E-state index in [0.29, 0.717) is 18.8 Å². The third-order valence-corrected chi connectivity index (χ3v) is 3.80. The maximum Gasteiger partial charge on any atom is 0.233 e. The Labute approximate surface area is 117 Å². The molecule has 1 saturated heterocycles. The Bertz CT molecular complexity index is 445. The van der Waals surface area contributed by atoms with E-state index in [9.17, 15) is 4.79 Å². The van der Waals surface area contributed by atoms with E-state index in [4.69, 9.17) is 4.74 Å². The number of thioether (sulfide) groups is 1. The smallest absolute Gasteiger partial charge is 0.233 e. The lowest BCUT2D eigenvalue weighted by Crippen LogP contribution is -2.48. The lowest BCUT2D eigenvalue weighted by atomic mass is 10.2. The SMILES string of the molecule is Cc1cc(SCC(=O)N2C[C@H](C)O[C@@H](C)C2)ncn1. The highest BCUT2D eigenvalue weighted by atomic mass is 32.2. The first kappa shape index (κ1) is 14.3. The number of carbonyl (C=O) groups excluding carboxylic acids is 1. The fourth-order valence-corrected chi connectivity index (χ4v) is 2.95. The quantitative estimate of drug-likeness (QED) is 0.621. The maximum absolute atomic E-state index is 12.2. The molecule has 1 aromatic heterocycles. The Morgan fingerprint density at radius 1 is 1.42 bits per heavy atom. The normalized spacial score (nSPS) is 23.4. The zero-order valence-electron chi connectivity index (χ0n) is 11.5.